The van der Waals surface area contributed by atoms with Crippen LogP contribution in [0, 0.1) is 11.8 Å². The highest BCUT2D eigenvalue weighted by Gasteiger charge is 2.18. The van der Waals surface area contributed by atoms with Crippen LogP contribution in [0.2, 0.25) is 10.0 Å². The minimum absolute atomic E-state index is 0.127. The zero-order chi connectivity index (χ0) is 20.5. The first-order chi connectivity index (χ1) is 13.9. The number of fused-ring (bicyclic) bond motifs is 2. The Balaban J connectivity index is 1.73. The monoisotopic (exact) mass is 422 g/mol. The third-order valence-corrected chi connectivity index (χ3v) is 4.88. The van der Waals surface area contributed by atoms with Crippen LogP contribution in [0.1, 0.15) is 16.1 Å². The SMILES string of the molecule is O=C(C#Cc1c(C(=O)O)[nH]c2cc(Cl)cc(Cl)c12)Nc1cccc2ccccc12. The minimum Gasteiger partial charge on any atom is -0.477 e. The van der Waals surface area contributed by atoms with Gasteiger partial charge in [-0.15, -0.1) is 0 Å². The van der Waals surface area contributed by atoms with Gasteiger partial charge >= 0.3 is 11.9 Å². The van der Waals surface area contributed by atoms with Crippen LogP contribution < -0.4 is 5.32 Å². The van der Waals surface area contributed by atoms with Crippen molar-refractivity contribution >= 4 is 62.4 Å². The Kier molecular flexibility index (Phi) is 4.89. The summed E-state index contributed by atoms with van der Waals surface area (Å²) in [4.78, 5) is 26.7. The van der Waals surface area contributed by atoms with Crippen LogP contribution in [0.3, 0.4) is 0 Å². The van der Waals surface area contributed by atoms with E-state index in [1.165, 1.54) is 6.07 Å². The fraction of sp³-hybridized carbons (Fsp3) is 0. The molecule has 0 saturated carbocycles. The number of aromatic amines is 1. The number of hydrogen-bond donors (Lipinski definition) is 3. The lowest BCUT2D eigenvalue weighted by molar-refractivity contribution is -0.111. The van der Waals surface area contributed by atoms with Crippen molar-refractivity contribution in [3.63, 3.8) is 0 Å². The molecule has 5 nitrogen and oxygen atoms in total. The van der Waals surface area contributed by atoms with Crippen LogP contribution in [-0.4, -0.2) is 22.0 Å². The van der Waals surface area contributed by atoms with Gasteiger partial charge in [-0.2, -0.15) is 0 Å². The van der Waals surface area contributed by atoms with Crippen LogP contribution in [0.5, 0.6) is 0 Å². The number of amides is 1. The van der Waals surface area contributed by atoms with Crippen molar-refractivity contribution in [2.45, 2.75) is 0 Å². The van der Waals surface area contributed by atoms with Gasteiger partial charge in [-0.3, -0.25) is 4.79 Å². The van der Waals surface area contributed by atoms with Gasteiger partial charge in [-0.25, -0.2) is 4.79 Å². The highest BCUT2D eigenvalue weighted by molar-refractivity contribution is 6.39. The molecule has 1 aromatic heterocycles. The van der Waals surface area contributed by atoms with E-state index in [-0.39, 0.29) is 16.3 Å². The Hall–Kier alpha value is -3.46. The molecule has 7 heteroatoms. The van der Waals surface area contributed by atoms with Crippen molar-refractivity contribution in [1.82, 2.24) is 4.98 Å². The lowest BCUT2D eigenvalue weighted by Gasteiger charge is -2.05. The number of nitrogens with one attached hydrogen (secondary N) is 2. The first kappa shape index (κ1) is 18.9. The number of H-pyrrole nitrogens is 1. The van der Waals surface area contributed by atoms with E-state index in [0.717, 1.165) is 10.8 Å². The lowest BCUT2D eigenvalue weighted by atomic mass is 10.1. The van der Waals surface area contributed by atoms with Crippen LogP contribution in [-0.2, 0) is 4.79 Å². The highest BCUT2D eigenvalue weighted by atomic mass is 35.5. The molecule has 0 radical (unpaired) electrons. The zero-order valence-corrected chi connectivity index (χ0v) is 16.2. The summed E-state index contributed by atoms with van der Waals surface area (Å²) in [6.45, 7) is 0. The molecule has 0 fully saturated rings. The molecule has 4 aromatic rings. The third kappa shape index (κ3) is 3.64. The average molecular weight is 423 g/mol. The smallest absolute Gasteiger partial charge is 0.353 e. The van der Waals surface area contributed by atoms with Crippen molar-refractivity contribution in [2.24, 2.45) is 0 Å². The van der Waals surface area contributed by atoms with Crippen LogP contribution in [0.25, 0.3) is 21.7 Å². The zero-order valence-electron chi connectivity index (χ0n) is 14.7. The van der Waals surface area contributed by atoms with Gasteiger partial charge in [0.25, 0.3) is 0 Å². The summed E-state index contributed by atoms with van der Waals surface area (Å²) in [5.41, 5.74) is 1.01. The molecule has 3 aromatic carbocycles. The predicted octanol–water partition coefficient (Wildman–Crippen LogP) is 5.32. The van der Waals surface area contributed by atoms with Gasteiger partial charge in [-0.05, 0) is 23.6 Å². The van der Waals surface area contributed by atoms with E-state index in [2.05, 4.69) is 22.1 Å². The predicted molar refractivity (Wildman–Crippen MR) is 115 cm³/mol. The molecule has 0 spiro atoms. The highest BCUT2D eigenvalue weighted by Crippen LogP contribution is 2.32. The molecule has 0 saturated heterocycles. The number of carboxylic acids is 1. The molecule has 1 heterocycles. The minimum atomic E-state index is -1.22. The van der Waals surface area contributed by atoms with Gasteiger partial charge in [0.05, 0.1) is 16.1 Å². The lowest BCUT2D eigenvalue weighted by Crippen LogP contribution is -2.09. The Morgan fingerprint density at radius 2 is 1.79 bits per heavy atom. The summed E-state index contributed by atoms with van der Waals surface area (Å²) < 4.78 is 0. The quantitative estimate of drug-likeness (QED) is 0.382. The van der Waals surface area contributed by atoms with Crippen molar-refractivity contribution in [3.8, 4) is 11.8 Å². The van der Waals surface area contributed by atoms with Gasteiger partial charge < -0.3 is 15.4 Å². The number of hydrogen-bond acceptors (Lipinski definition) is 2. The number of carbonyl (C=O) groups excluding carboxylic acids is 1. The third-order valence-electron chi connectivity index (χ3n) is 4.37. The summed E-state index contributed by atoms with van der Waals surface area (Å²) in [6, 6.07) is 16.2. The fourth-order valence-electron chi connectivity index (χ4n) is 3.14. The number of benzene rings is 3. The summed E-state index contributed by atoms with van der Waals surface area (Å²) in [6.07, 6.45) is 0. The van der Waals surface area contributed by atoms with Gasteiger partial charge in [0.2, 0.25) is 0 Å². The van der Waals surface area contributed by atoms with E-state index < -0.39 is 11.9 Å². The number of aromatic nitrogens is 1. The summed E-state index contributed by atoms with van der Waals surface area (Å²) in [5, 5.41) is 15.1. The average Bonchev–Trinajstić information content (AvgIpc) is 3.05. The second-order valence-electron chi connectivity index (χ2n) is 6.22. The molecule has 0 aliphatic rings. The van der Waals surface area contributed by atoms with Gasteiger partial charge in [0, 0.05) is 27.4 Å². The summed E-state index contributed by atoms with van der Waals surface area (Å²) in [5.74, 6) is 3.31. The molecule has 1 amide bonds. The molecule has 3 N–H and O–H groups in total. The van der Waals surface area contributed by atoms with Crippen molar-refractivity contribution < 1.29 is 14.7 Å². The topological polar surface area (TPSA) is 82.2 Å². The van der Waals surface area contributed by atoms with Crippen LogP contribution >= 0.6 is 23.2 Å². The number of carboxylic acid groups (broad SMARTS) is 1. The molecule has 0 unspecified atom stereocenters. The van der Waals surface area contributed by atoms with E-state index in [1.54, 1.807) is 12.1 Å². The molecule has 0 bridgehead atoms. The molecule has 0 atom stereocenters. The largest absolute Gasteiger partial charge is 0.477 e. The Morgan fingerprint density at radius 3 is 2.59 bits per heavy atom. The molecular weight excluding hydrogens is 411 g/mol. The normalized spacial score (nSPS) is 10.6. The maximum Gasteiger partial charge on any atom is 0.353 e. The maximum absolute atomic E-state index is 12.4. The first-order valence-corrected chi connectivity index (χ1v) is 9.24. The van der Waals surface area contributed by atoms with Crippen LogP contribution in [0.15, 0.2) is 54.6 Å². The second-order valence-corrected chi connectivity index (χ2v) is 7.06. The Labute approximate surface area is 175 Å². The van der Waals surface area contributed by atoms with Gasteiger partial charge in [0.15, 0.2) is 0 Å². The maximum atomic E-state index is 12.4. The van der Waals surface area contributed by atoms with E-state index in [0.29, 0.717) is 21.6 Å². The Bertz CT molecular complexity index is 1360. The van der Waals surface area contributed by atoms with E-state index in [4.69, 9.17) is 23.2 Å². The van der Waals surface area contributed by atoms with E-state index in [1.807, 2.05) is 36.4 Å². The molecule has 29 heavy (non-hydrogen) atoms. The number of aromatic carboxylic acids is 1. The van der Waals surface area contributed by atoms with E-state index in [9.17, 15) is 14.7 Å². The molecule has 142 valence electrons. The van der Waals surface area contributed by atoms with Gasteiger partial charge in [-0.1, -0.05) is 65.5 Å². The Morgan fingerprint density at radius 1 is 1.03 bits per heavy atom. The summed E-state index contributed by atoms with van der Waals surface area (Å²) >= 11 is 12.2. The molecular formula is C22H12Cl2N2O3. The van der Waals surface area contributed by atoms with Crippen molar-refractivity contribution in [3.05, 3.63) is 75.9 Å². The second kappa shape index (κ2) is 7.51. The molecule has 4 rings (SSSR count). The molecule has 0 aliphatic heterocycles. The van der Waals surface area contributed by atoms with Crippen molar-refractivity contribution in [2.75, 3.05) is 5.32 Å². The number of carbonyl (C=O) groups is 2. The number of rotatable bonds is 2. The van der Waals surface area contributed by atoms with E-state index >= 15 is 0 Å². The van der Waals surface area contributed by atoms with Gasteiger partial charge in [0.1, 0.15) is 5.69 Å². The van der Waals surface area contributed by atoms with Crippen LogP contribution in [0.4, 0.5) is 5.69 Å². The number of anilines is 1. The molecule has 0 aliphatic carbocycles. The first-order valence-electron chi connectivity index (χ1n) is 8.49. The van der Waals surface area contributed by atoms with Crippen molar-refractivity contribution in [1.29, 1.82) is 0 Å². The summed E-state index contributed by atoms with van der Waals surface area (Å²) in [7, 11) is 0. The fourth-order valence-corrected chi connectivity index (χ4v) is 3.73. The standard InChI is InChI=1S/C22H12Cl2N2O3/c23-13-10-16(24)20-15(21(22(28)29)26-18(20)11-13)8-9-19(27)25-17-7-3-5-12-4-1-2-6-14(12)17/h1-7,10-11,26H,(H,25,27)(H,28,29). The number of halogens is 2.